The lowest BCUT2D eigenvalue weighted by molar-refractivity contribution is -0.173. The summed E-state index contributed by atoms with van der Waals surface area (Å²) in [5.74, 6) is 1.47. The second kappa shape index (κ2) is 10.2. The molecule has 2 aromatic carbocycles. The highest BCUT2D eigenvalue weighted by Crippen LogP contribution is 2.38. The first-order chi connectivity index (χ1) is 16.9. The number of morpholine rings is 1. The molecule has 1 saturated heterocycles. The van der Waals surface area contributed by atoms with E-state index in [0.29, 0.717) is 42.6 Å². The first-order valence-corrected chi connectivity index (χ1v) is 11.8. The number of carbonyl (C=O) groups is 1. The molecule has 182 valence electrons. The number of nitrogens with zero attached hydrogens (tertiary/aromatic N) is 4. The lowest BCUT2D eigenvalue weighted by Crippen LogP contribution is -2.53. The Morgan fingerprint density at radius 3 is 2.77 bits per heavy atom. The Morgan fingerprint density at radius 2 is 2.06 bits per heavy atom. The molecule has 2 heterocycles. The van der Waals surface area contributed by atoms with Crippen LogP contribution in [-0.2, 0) is 35.0 Å². The molecule has 1 aliphatic rings. The summed E-state index contributed by atoms with van der Waals surface area (Å²) in [6.45, 7) is 3.10. The number of nitrogen functional groups attached to an aromatic ring is 1. The molecule has 0 spiro atoms. The SMILES string of the molecule is CCCC1(c2cccc(Oc3cc(CCc4cnc(N)n4C)ccc3C#N)c2)OCCN(C)C1=O. The highest BCUT2D eigenvalue weighted by atomic mass is 16.5. The normalized spacial score (nSPS) is 17.9. The van der Waals surface area contributed by atoms with Crippen molar-refractivity contribution in [1.29, 1.82) is 5.26 Å². The van der Waals surface area contributed by atoms with Crippen molar-refractivity contribution in [3.63, 3.8) is 0 Å². The largest absolute Gasteiger partial charge is 0.456 e. The molecule has 1 aromatic heterocycles. The van der Waals surface area contributed by atoms with E-state index in [1.807, 2.05) is 54.9 Å². The van der Waals surface area contributed by atoms with Crippen LogP contribution in [0.15, 0.2) is 48.7 Å². The minimum Gasteiger partial charge on any atom is -0.456 e. The first kappa shape index (κ1) is 24.3. The number of hydrogen-bond donors (Lipinski definition) is 1. The fourth-order valence-electron chi connectivity index (χ4n) is 4.51. The zero-order chi connectivity index (χ0) is 25.0. The summed E-state index contributed by atoms with van der Waals surface area (Å²) in [7, 11) is 3.70. The van der Waals surface area contributed by atoms with E-state index in [-0.39, 0.29) is 5.91 Å². The Balaban J connectivity index is 1.59. The van der Waals surface area contributed by atoms with E-state index < -0.39 is 5.60 Å². The van der Waals surface area contributed by atoms with Crippen LogP contribution in [0.4, 0.5) is 5.95 Å². The van der Waals surface area contributed by atoms with Gasteiger partial charge in [-0.2, -0.15) is 5.26 Å². The molecular weight excluding hydrogens is 442 g/mol. The molecule has 1 fully saturated rings. The van der Waals surface area contributed by atoms with Crippen molar-refractivity contribution in [2.24, 2.45) is 7.05 Å². The summed E-state index contributed by atoms with van der Waals surface area (Å²) in [6, 6.07) is 15.2. The zero-order valence-electron chi connectivity index (χ0n) is 20.5. The third-order valence-electron chi connectivity index (χ3n) is 6.55. The van der Waals surface area contributed by atoms with Crippen molar-refractivity contribution >= 4 is 11.9 Å². The number of likely N-dealkylation sites (N-methyl/N-ethyl adjacent to an activating group) is 1. The molecule has 0 bridgehead atoms. The number of nitriles is 1. The molecule has 8 nitrogen and oxygen atoms in total. The molecule has 0 radical (unpaired) electrons. The third kappa shape index (κ3) is 4.86. The number of aryl methyl sites for hydroxylation is 2. The number of hydrogen-bond acceptors (Lipinski definition) is 6. The van der Waals surface area contributed by atoms with Crippen molar-refractivity contribution in [3.05, 3.63) is 71.0 Å². The van der Waals surface area contributed by atoms with Gasteiger partial charge in [-0.1, -0.05) is 31.5 Å². The lowest BCUT2D eigenvalue weighted by Gasteiger charge is -2.40. The van der Waals surface area contributed by atoms with Gasteiger partial charge >= 0.3 is 0 Å². The van der Waals surface area contributed by atoms with Gasteiger partial charge in [-0.25, -0.2) is 4.98 Å². The van der Waals surface area contributed by atoms with Gasteiger partial charge in [-0.15, -0.1) is 0 Å². The molecule has 0 saturated carbocycles. The maximum Gasteiger partial charge on any atom is 0.259 e. The number of imidazole rings is 1. The van der Waals surface area contributed by atoms with Gasteiger partial charge in [0.1, 0.15) is 17.6 Å². The van der Waals surface area contributed by atoms with Gasteiger partial charge in [0.2, 0.25) is 0 Å². The Hall–Kier alpha value is -3.83. The third-order valence-corrected chi connectivity index (χ3v) is 6.55. The molecule has 8 heteroatoms. The summed E-state index contributed by atoms with van der Waals surface area (Å²) >= 11 is 0. The molecule has 1 amide bonds. The van der Waals surface area contributed by atoms with E-state index in [4.69, 9.17) is 15.2 Å². The fourth-order valence-corrected chi connectivity index (χ4v) is 4.51. The van der Waals surface area contributed by atoms with E-state index in [1.54, 1.807) is 24.2 Å². The van der Waals surface area contributed by atoms with Gasteiger partial charge in [0.15, 0.2) is 11.5 Å². The van der Waals surface area contributed by atoms with E-state index in [0.717, 1.165) is 36.1 Å². The number of nitrogens with two attached hydrogens (primary N) is 1. The van der Waals surface area contributed by atoms with Gasteiger partial charge in [-0.05, 0) is 54.7 Å². The highest BCUT2D eigenvalue weighted by molar-refractivity contribution is 5.87. The molecule has 4 rings (SSSR count). The smallest absolute Gasteiger partial charge is 0.259 e. The van der Waals surface area contributed by atoms with Crippen LogP contribution >= 0.6 is 0 Å². The topological polar surface area (TPSA) is 106 Å². The first-order valence-electron chi connectivity index (χ1n) is 11.8. The van der Waals surface area contributed by atoms with Crippen LogP contribution in [0, 0.1) is 11.3 Å². The van der Waals surface area contributed by atoms with Crippen LogP contribution in [-0.4, -0.2) is 40.6 Å². The number of rotatable bonds is 8. The molecule has 2 N–H and O–H groups in total. The van der Waals surface area contributed by atoms with Crippen LogP contribution in [0.2, 0.25) is 0 Å². The Morgan fingerprint density at radius 1 is 1.23 bits per heavy atom. The minimum absolute atomic E-state index is 0.0433. The van der Waals surface area contributed by atoms with E-state index in [1.165, 1.54) is 0 Å². The maximum atomic E-state index is 13.2. The molecule has 1 unspecified atom stereocenters. The van der Waals surface area contributed by atoms with Gasteiger partial charge < -0.3 is 24.7 Å². The Kier molecular flexibility index (Phi) is 7.08. The van der Waals surface area contributed by atoms with E-state index >= 15 is 0 Å². The summed E-state index contributed by atoms with van der Waals surface area (Å²) in [5, 5.41) is 9.64. The minimum atomic E-state index is -1.02. The highest BCUT2D eigenvalue weighted by Gasteiger charge is 2.45. The maximum absolute atomic E-state index is 13.2. The van der Waals surface area contributed by atoms with Crippen LogP contribution in [0.5, 0.6) is 11.5 Å². The monoisotopic (exact) mass is 473 g/mol. The van der Waals surface area contributed by atoms with Crippen LogP contribution in [0.1, 0.15) is 42.1 Å². The van der Waals surface area contributed by atoms with Crippen molar-refractivity contribution in [1.82, 2.24) is 14.5 Å². The molecule has 3 aromatic rings. The number of benzene rings is 2. The van der Waals surface area contributed by atoms with E-state index in [2.05, 4.69) is 11.1 Å². The van der Waals surface area contributed by atoms with Gasteiger partial charge in [0, 0.05) is 26.3 Å². The number of aromatic nitrogens is 2. The average Bonchev–Trinajstić information content (AvgIpc) is 3.18. The van der Waals surface area contributed by atoms with Gasteiger partial charge in [0.25, 0.3) is 5.91 Å². The number of ether oxygens (including phenoxy) is 2. The molecular formula is C27H31N5O3. The molecule has 0 aliphatic carbocycles. The predicted molar refractivity (Wildman–Crippen MR) is 133 cm³/mol. The van der Waals surface area contributed by atoms with Crippen LogP contribution in [0.25, 0.3) is 0 Å². The standard InChI is InChI=1S/C27H31N5O3/c1-4-12-27(25(33)31(2)13-14-34-27)21-6-5-7-23(16-21)35-24-15-19(8-10-20(24)17-28)9-11-22-18-30-26(29)32(22)3/h5-8,10,15-16,18H,4,9,11-14H2,1-3H3,(H2,29,30). The van der Waals surface area contributed by atoms with Crippen LogP contribution in [0.3, 0.4) is 0 Å². The average molecular weight is 474 g/mol. The van der Waals surface area contributed by atoms with Gasteiger partial charge in [0.05, 0.1) is 18.4 Å². The van der Waals surface area contributed by atoms with Crippen molar-refractivity contribution in [2.45, 2.75) is 38.2 Å². The Bertz CT molecular complexity index is 1260. The quantitative estimate of drug-likeness (QED) is 0.531. The summed E-state index contributed by atoms with van der Waals surface area (Å²) in [4.78, 5) is 19.0. The predicted octanol–water partition coefficient (Wildman–Crippen LogP) is 3.94. The fraction of sp³-hybridized carbons (Fsp3) is 0.370. The van der Waals surface area contributed by atoms with Gasteiger partial charge in [-0.3, -0.25) is 4.79 Å². The number of carbonyl (C=O) groups excluding carboxylic acids is 1. The lowest BCUT2D eigenvalue weighted by atomic mass is 9.86. The second-order valence-electron chi connectivity index (χ2n) is 8.89. The van der Waals surface area contributed by atoms with Crippen molar-refractivity contribution in [2.75, 3.05) is 25.9 Å². The molecule has 1 atom stereocenters. The molecule has 35 heavy (non-hydrogen) atoms. The molecule has 1 aliphatic heterocycles. The van der Waals surface area contributed by atoms with Crippen molar-refractivity contribution in [3.8, 4) is 17.6 Å². The summed E-state index contributed by atoms with van der Waals surface area (Å²) < 4.78 is 14.2. The number of anilines is 1. The number of amides is 1. The van der Waals surface area contributed by atoms with E-state index in [9.17, 15) is 10.1 Å². The van der Waals surface area contributed by atoms with Crippen LogP contribution < -0.4 is 10.5 Å². The summed E-state index contributed by atoms with van der Waals surface area (Å²) in [6.07, 6.45) is 4.66. The second-order valence-corrected chi connectivity index (χ2v) is 8.89. The summed E-state index contributed by atoms with van der Waals surface area (Å²) in [5.41, 5.74) is 8.08. The zero-order valence-corrected chi connectivity index (χ0v) is 20.5. The van der Waals surface area contributed by atoms with Crippen molar-refractivity contribution < 1.29 is 14.3 Å². The Labute approximate surface area is 205 Å².